The van der Waals surface area contributed by atoms with E-state index in [4.69, 9.17) is 20.9 Å². The first-order chi connectivity index (χ1) is 19.2. The fourth-order valence-electron chi connectivity index (χ4n) is 4.42. The fourth-order valence-corrected chi connectivity index (χ4v) is 5.90. The molecule has 0 amide bonds. The first kappa shape index (κ1) is 29.7. The molecule has 4 rings (SSSR count). The Labute approximate surface area is 238 Å². The summed E-state index contributed by atoms with van der Waals surface area (Å²) in [6.07, 6.45) is 2.65. The van der Waals surface area contributed by atoms with Gasteiger partial charge >= 0.3 is 0 Å². The summed E-state index contributed by atoms with van der Waals surface area (Å²) < 4.78 is 55.6. The van der Waals surface area contributed by atoms with Gasteiger partial charge in [0.25, 0.3) is 10.0 Å². The normalized spacial score (nSPS) is 11.8. The lowest BCUT2D eigenvalue weighted by molar-refractivity contribution is 0.134. The molecule has 2 N–H and O–H groups in total. The number of aromatic nitrogens is 3. The molecule has 4 aromatic rings. The highest BCUT2D eigenvalue weighted by Crippen LogP contribution is 2.33. The molecule has 40 heavy (non-hydrogen) atoms. The summed E-state index contributed by atoms with van der Waals surface area (Å²) in [5.74, 6) is -0.705. The standard InChI is InChI=1S/C28H32ClFN4O5S/c1-4-6-11-25-31-27(29)23(16-35)34(25)15-19-12-13-21(20(14-19)17-38-5-2)22-9-7-8-10-24(22)40(36,37)33-28-26(30)18(3)39-32-28/h7-10,12-14,35H,4-6,11,15-17H2,1-3H3,(H,32,33). The van der Waals surface area contributed by atoms with E-state index in [-0.39, 0.29) is 29.0 Å². The van der Waals surface area contributed by atoms with Gasteiger partial charge in [0.2, 0.25) is 11.6 Å². The largest absolute Gasteiger partial charge is 0.390 e. The lowest BCUT2D eigenvalue weighted by Gasteiger charge is -2.17. The number of ether oxygens (including phenoxy) is 1. The molecular weight excluding hydrogens is 559 g/mol. The van der Waals surface area contributed by atoms with Crippen LogP contribution in [0.5, 0.6) is 0 Å². The van der Waals surface area contributed by atoms with Crippen molar-refractivity contribution in [2.24, 2.45) is 0 Å². The van der Waals surface area contributed by atoms with Crippen molar-refractivity contribution in [2.45, 2.75) is 64.7 Å². The molecule has 0 saturated heterocycles. The van der Waals surface area contributed by atoms with E-state index < -0.39 is 21.7 Å². The molecule has 0 fully saturated rings. The summed E-state index contributed by atoms with van der Waals surface area (Å²) in [7, 11) is -4.23. The Kier molecular flexibility index (Phi) is 9.62. The van der Waals surface area contributed by atoms with Gasteiger partial charge in [0, 0.05) is 25.1 Å². The summed E-state index contributed by atoms with van der Waals surface area (Å²) in [6.45, 7) is 6.19. The highest BCUT2D eigenvalue weighted by molar-refractivity contribution is 7.92. The topological polar surface area (TPSA) is 119 Å². The maximum Gasteiger partial charge on any atom is 0.263 e. The molecule has 2 aromatic carbocycles. The van der Waals surface area contributed by atoms with Crippen LogP contribution in [0.15, 0.2) is 51.9 Å². The van der Waals surface area contributed by atoms with Crippen molar-refractivity contribution in [3.63, 3.8) is 0 Å². The number of aryl methyl sites for hydroxylation is 2. The maximum absolute atomic E-state index is 14.3. The third-order valence-corrected chi connectivity index (χ3v) is 8.17. The molecule has 0 aliphatic carbocycles. The Morgan fingerprint density at radius 3 is 2.62 bits per heavy atom. The Morgan fingerprint density at radius 1 is 1.18 bits per heavy atom. The van der Waals surface area contributed by atoms with Crippen LogP contribution in [-0.2, 0) is 40.9 Å². The summed E-state index contributed by atoms with van der Waals surface area (Å²) in [5.41, 5.74) is 3.27. The van der Waals surface area contributed by atoms with Crippen molar-refractivity contribution >= 4 is 27.4 Å². The molecule has 214 valence electrons. The van der Waals surface area contributed by atoms with Crippen molar-refractivity contribution < 1.29 is 27.2 Å². The molecule has 9 nitrogen and oxygen atoms in total. The molecule has 12 heteroatoms. The molecule has 2 aromatic heterocycles. The van der Waals surface area contributed by atoms with E-state index in [0.717, 1.165) is 36.2 Å². The number of halogens is 2. The van der Waals surface area contributed by atoms with Crippen LogP contribution >= 0.6 is 11.6 Å². The zero-order valence-corrected chi connectivity index (χ0v) is 24.1. The lowest BCUT2D eigenvalue weighted by atomic mass is 9.97. The third kappa shape index (κ3) is 6.38. The second kappa shape index (κ2) is 12.9. The average molecular weight is 591 g/mol. The monoisotopic (exact) mass is 590 g/mol. The van der Waals surface area contributed by atoms with Gasteiger partial charge in [0.15, 0.2) is 10.9 Å². The van der Waals surface area contributed by atoms with Crippen molar-refractivity contribution in [3.8, 4) is 11.1 Å². The zero-order chi connectivity index (χ0) is 28.9. The van der Waals surface area contributed by atoms with Crippen LogP contribution < -0.4 is 4.72 Å². The Bertz CT molecular complexity index is 1590. The number of aliphatic hydroxyl groups is 1. The predicted molar refractivity (Wildman–Crippen MR) is 150 cm³/mol. The van der Waals surface area contributed by atoms with Crippen LogP contribution in [0.2, 0.25) is 5.15 Å². The van der Waals surface area contributed by atoms with E-state index >= 15 is 0 Å². The third-order valence-electron chi connectivity index (χ3n) is 6.47. The minimum Gasteiger partial charge on any atom is -0.390 e. The number of hydrogen-bond donors (Lipinski definition) is 2. The smallest absolute Gasteiger partial charge is 0.263 e. The summed E-state index contributed by atoms with van der Waals surface area (Å²) in [6, 6.07) is 12.1. The minimum atomic E-state index is -4.23. The van der Waals surface area contributed by atoms with E-state index in [1.165, 1.54) is 13.0 Å². The first-order valence-electron chi connectivity index (χ1n) is 13.0. The van der Waals surface area contributed by atoms with Gasteiger partial charge in [-0.2, -0.15) is 4.39 Å². The fraction of sp³-hybridized carbons (Fsp3) is 0.357. The van der Waals surface area contributed by atoms with Gasteiger partial charge in [-0.3, -0.25) is 4.72 Å². The Hall–Kier alpha value is -3.25. The molecule has 0 atom stereocenters. The number of nitrogens with zero attached hydrogens (tertiary/aromatic N) is 3. The van der Waals surface area contributed by atoms with Crippen LogP contribution in [0.4, 0.5) is 10.2 Å². The van der Waals surface area contributed by atoms with Gasteiger partial charge in [-0.05, 0) is 43.0 Å². The van der Waals surface area contributed by atoms with Gasteiger partial charge in [-0.25, -0.2) is 13.4 Å². The summed E-state index contributed by atoms with van der Waals surface area (Å²) >= 11 is 6.32. The first-order valence-corrected chi connectivity index (χ1v) is 14.8. The number of anilines is 1. The molecule has 0 radical (unpaired) electrons. The van der Waals surface area contributed by atoms with Gasteiger partial charge in [0.05, 0.1) is 23.8 Å². The second-order valence-corrected chi connectivity index (χ2v) is 11.3. The number of aliphatic hydroxyl groups excluding tert-OH is 1. The van der Waals surface area contributed by atoms with E-state index in [2.05, 4.69) is 21.8 Å². The van der Waals surface area contributed by atoms with Crippen molar-refractivity contribution in [3.05, 3.63) is 81.8 Å². The van der Waals surface area contributed by atoms with E-state index in [0.29, 0.717) is 30.0 Å². The van der Waals surface area contributed by atoms with Crippen LogP contribution in [-0.4, -0.2) is 34.8 Å². The number of nitrogens with one attached hydrogen (secondary N) is 1. The van der Waals surface area contributed by atoms with Crippen molar-refractivity contribution in [1.29, 1.82) is 0 Å². The van der Waals surface area contributed by atoms with E-state index in [9.17, 15) is 17.9 Å². The van der Waals surface area contributed by atoms with E-state index in [1.807, 2.05) is 29.7 Å². The predicted octanol–water partition coefficient (Wildman–Crippen LogP) is 5.86. The van der Waals surface area contributed by atoms with Gasteiger partial charge < -0.3 is 18.9 Å². The number of benzene rings is 2. The highest BCUT2D eigenvalue weighted by atomic mass is 35.5. The van der Waals surface area contributed by atoms with Gasteiger partial charge in [-0.15, -0.1) is 0 Å². The summed E-state index contributed by atoms with van der Waals surface area (Å²) in [4.78, 5) is 4.41. The molecule has 0 unspecified atom stereocenters. The number of hydrogen-bond acceptors (Lipinski definition) is 7. The maximum atomic E-state index is 14.3. The molecule has 2 heterocycles. The quantitative estimate of drug-likeness (QED) is 0.200. The second-order valence-electron chi connectivity index (χ2n) is 9.24. The number of sulfonamides is 1. The van der Waals surface area contributed by atoms with Crippen LogP contribution in [0.25, 0.3) is 11.1 Å². The average Bonchev–Trinajstić information content (AvgIpc) is 3.42. The molecule has 0 saturated carbocycles. The van der Waals surface area contributed by atoms with Crippen LogP contribution in [0.3, 0.4) is 0 Å². The minimum absolute atomic E-state index is 0.0497. The van der Waals surface area contributed by atoms with Crippen LogP contribution in [0, 0.1) is 12.7 Å². The summed E-state index contributed by atoms with van der Waals surface area (Å²) in [5, 5.41) is 13.7. The molecule has 0 aliphatic heterocycles. The molecule has 0 aliphatic rings. The number of rotatable bonds is 13. The Balaban J connectivity index is 1.75. The SMILES string of the molecule is CCCCc1nc(Cl)c(CO)n1Cc1ccc(-c2ccccc2S(=O)(=O)Nc2noc(C)c2F)c(COCC)c1. The van der Waals surface area contributed by atoms with E-state index in [1.54, 1.807) is 18.2 Å². The van der Waals surface area contributed by atoms with Gasteiger partial charge in [0.1, 0.15) is 5.82 Å². The number of imidazole rings is 1. The zero-order valence-electron chi connectivity index (χ0n) is 22.6. The Morgan fingerprint density at radius 2 is 1.95 bits per heavy atom. The lowest BCUT2D eigenvalue weighted by Crippen LogP contribution is -2.15. The molecule has 0 spiro atoms. The van der Waals surface area contributed by atoms with Crippen molar-refractivity contribution in [1.82, 2.24) is 14.7 Å². The van der Waals surface area contributed by atoms with Crippen LogP contribution in [0.1, 0.15) is 55.1 Å². The van der Waals surface area contributed by atoms with Gasteiger partial charge in [-0.1, -0.05) is 66.5 Å². The molecular formula is C28H32ClFN4O5S. The highest BCUT2D eigenvalue weighted by Gasteiger charge is 2.25. The number of unbranched alkanes of at least 4 members (excludes halogenated alkanes) is 1. The molecule has 0 bridgehead atoms. The van der Waals surface area contributed by atoms with Crippen molar-refractivity contribution in [2.75, 3.05) is 11.3 Å².